The van der Waals surface area contributed by atoms with Gasteiger partial charge in [0.1, 0.15) is 10.7 Å². The van der Waals surface area contributed by atoms with Crippen LogP contribution in [-0.4, -0.2) is 67.5 Å². The van der Waals surface area contributed by atoms with Crippen LogP contribution in [0, 0.1) is 13.8 Å². The van der Waals surface area contributed by atoms with E-state index in [-0.39, 0.29) is 29.7 Å². The van der Waals surface area contributed by atoms with Gasteiger partial charge in [0, 0.05) is 43.1 Å². The highest BCUT2D eigenvalue weighted by Gasteiger charge is 2.40. The third-order valence-corrected chi connectivity index (χ3v) is 10.3. The number of carbonyl (C=O) groups is 1. The maximum absolute atomic E-state index is 14.0. The Hall–Kier alpha value is -4.11. The number of carboxylic acids is 1. The van der Waals surface area contributed by atoms with Crippen LogP contribution in [0.3, 0.4) is 0 Å². The van der Waals surface area contributed by atoms with E-state index < -0.39 is 40.3 Å². The fourth-order valence-electron chi connectivity index (χ4n) is 6.22. The Kier molecular flexibility index (Phi) is 7.56. The van der Waals surface area contributed by atoms with Gasteiger partial charge in [-0.15, -0.1) is 10.2 Å². The van der Waals surface area contributed by atoms with Crippen LogP contribution in [-0.2, 0) is 27.5 Å². The molecule has 1 unspecified atom stereocenters. The number of carboxylic acid groups (broad SMARTS) is 1. The summed E-state index contributed by atoms with van der Waals surface area (Å²) in [6.07, 6.45) is 0.380. The second-order valence-corrected chi connectivity index (χ2v) is 13.1. The number of sulfonamides is 1. The third-order valence-electron chi connectivity index (χ3n) is 8.46. The molecular weight excluding hydrogens is 599 g/mol. The first-order chi connectivity index (χ1) is 20.9. The smallest absolute Gasteiger partial charge is 0.452 e. The highest BCUT2D eigenvalue weighted by Crippen LogP contribution is 2.37. The number of piperidine rings is 1. The van der Waals surface area contributed by atoms with E-state index in [0.717, 1.165) is 23.7 Å². The Labute approximate surface area is 251 Å². The lowest BCUT2D eigenvalue weighted by Crippen LogP contribution is -2.45. The average Bonchev–Trinajstić information content (AvgIpc) is 3.40. The zero-order valence-corrected chi connectivity index (χ0v) is 24.8. The summed E-state index contributed by atoms with van der Waals surface area (Å²) in [6, 6.07) is 7.96. The molecule has 0 aromatic carbocycles. The molecule has 15 heteroatoms. The molecule has 0 spiro atoms. The molecule has 2 atom stereocenters. The Bertz CT molecular complexity index is 1860. The van der Waals surface area contributed by atoms with Gasteiger partial charge < -0.3 is 10.0 Å². The van der Waals surface area contributed by atoms with Crippen LogP contribution in [0.4, 0.5) is 19.0 Å². The van der Waals surface area contributed by atoms with Gasteiger partial charge in [0.15, 0.2) is 5.65 Å². The summed E-state index contributed by atoms with van der Waals surface area (Å²) in [5.41, 5.74) is 2.25. The van der Waals surface area contributed by atoms with Crippen molar-refractivity contribution >= 4 is 27.5 Å². The molecule has 1 N–H and O–H groups in total. The number of aromatic nitrogens is 5. The van der Waals surface area contributed by atoms with Crippen molar-refractivity contribution in [2.45, 2.75) is 69.1 Å². The highest BCUT2D eigenvalue weighted by molar-refractivity contribution is 7.89. The Morgan fingerprint density at radius 3 is 2.68 bits per heavy atom. The van der Waals surface area contributed by atoms with Gasteiger partial charge in [-0.05, 0) is 74.1 Å². The molecule has 11 nitrogen and oxygen atoms in total. The van der Waals surface area contributed by atoms with Gasteiger partial charge in [0.2, 0.25) is 15.8 Å². The summed E-state index contributed by atoms with van der Waals surface area (Å²) in [4.78, 5) is 23.4. The molecule has 232 valence electrons. The highest BCUT2D eigenvalue weighted by atomic mass is 32.2. The largest absolute Gasteiger partial charge is 0.481 e. The number of aliphatic carboxylic acids is 1. The number of nitrogens with zero attached hydrogens (tertiary/aromatic N) is 7. The minimum absolute atomic E-state index is 0.0440. The number of halogens is 3. The first kappa shape index (κ1) is 29.9. The summed E-state index contributed by atoms with van der Waals surface area (Å²) < 4.78 is 70.5. The molecule has 2 aliphatic heterocycles. The molecule has 4 aromatic heterocycles. The first-order valence-corrected chi connectivity index (χ1v) is 15.6. The summed E-state index contributed by atoms with van der Waals surface area (Å²) in [5.74, 6) is -2.71. The molecule has 0 radical (unpaired) electrons. The van der Waals surface area contributed by atoms with Crippen LogP contribution in [0.5, 0.6) is 0 Å². The maximum atomic E-state index is 14.0. The molecule has 0 saturated carbocycles. The lowest BCUT2D eigenvalue weighted by atomic mass is 9.89. The molecule has 0 amide bonds. The standard InChI is InChI=1S/C29H30F3N7O4S/c1-17-8-9-22(21(14-25(40)41)20-10-13-39-26(18(20)2)35-36-28(39)29(30,31)32)34-23(17)16-37-15-19-6-3-4-12-38(19)27-24(44(37,42)43)7-5-11-33-27/h5,7-11,13,19,21H,3-4,6,12,14-16H2,1-2H3,(H,40,41)/t19-,21?/m0/s1. The summed E-state index contributed by atoms with van der Waals surface area (Å²) in [5, 5.41) is 16.8. The van der Waals surface area contributed by atoms with Gasteiger partial charge in [-0.3, -0.25) is 14.2 Å². The fourth-order valence-corrected chi connectivity index (χ4v) is 7.81. The lowest BCUT2D eigenvalue weighted by Gasteiger charge is -2.36. The van der Waals surface area contributed by atoms with Crippen LogP contribution in [0.15, 0.2) is 47.6 Å². The minimum atomic E-state index is -4.72. The molecule has 6 rings (SSSR count). The number of aryl methyl sites for hydroxylation is 2. The molecule has 6 heterocycles. The van der Waals surface area contributed by atoms with Gasteiger partial charge in [-0.2, -0.15) is 17.5 Å². The molecule has 44 heavy (non-hydrogen) atoms. The number of anilines is 1. The van der Waals surface area contributed by atoms with Gasteiger partial charge in [0.25, 0.3) is 0 Å². The van der Waals surface area contributed by atoms with Crippen LogP contribution >= 0.6 is 0 Å². The molecule has 0 bridgehead atoms. The molecule has 1 saturated heterocycles. The van der Waals surface area contributed by atoms with E-state index in [0.29, 0.717) is 40.4 Å². The van der Waals surface area contributed by atoms with E-state index >= 15 is 0 Å². The number of fused-ring (bicyclic) bond motifs is 4. The predicted molar refractivity (Wildman–Crippen MR) is 153 cm³/mol. The molecular formula is C29H30F3N7O4S. The number of pyridine rings is 3. The van der Waals surface area contributed by atoms with Gasteiger partial charge in [0.05, 0.1) is 18.7 Å². The number of hydrogen-bond acceptors (Lipinski definition) is 8. The van der Waals surface area contributed by atoms with Gasteiger partial charge >= 0.3 is 12.1 Å². The van der Waals surface area contributed by atoms with Crippen molar-refractivity contribution in [3.63, 3.8) is 0 Å². The van der Waals surface area contributed by atoms with E-state index in [1.807, 2.05) is 0 Å². The van der Waals surface area contributed by atoms with Gasteiger partial charge in [-0.1, -0.05) is 6.07 Å². The van der Waals surface area contributed by atoms with Crippen LogP contribution in [0.1, 0.15) is 65.5 Å². The third kappa shape index (κ3) is 5.27. The normalized spacial score (nSPS) is 19.3. The summed E-state index contributed by atoms with van der Waals surface area (Å²) in [6.45, 7) is 4.28. The molecule has 2 aliphatic rings. The van der Waals surface area contributed by atoms with E-state index in [4.69, 9.17) is 4.98 Å². The van der Waals surface area contributed by atoms with Crippen molar-refractivity contribution in [1.29, 1.82) is 0 Å². The molecule has 0 aliphatic carbocycles. The number of alkyl halides is 3. The quantitative estimate of drug-likeness (QED) is 0.331. The monoisotopic (exact) mass is 629 g/mol. The van der Waals surface area contributed by atoms with Crippen LogP contribution < -0.4 is 4.90 Å². The van der Waals surface area contributed by atoms with Crippen LogP contribution in [0.2, 0.25) is 0 Å². The SMILES string of the molecule is Cc1ccc(C(CC(=O)O)c2ccn3c(C(F)(F)F)nnc3c2C)nc1CN1C[C@@H]2CCCCN2c2ncccc2S1(=O)=O. The molecule has 4 aromatic rings. The van der Waals surface area contributed by atoms with Crippen molar-refractivity contribution < 1.29 is 31.5 Å². The van der Waals surface area contributed by atoms with Crippen molar-refractivity contribution in [3.05, 3.63) is 76.6 Å². The Balaban J connectivity index is 1.40. The summed E-state index contributed by atoms with van der Waals surface area (Å²) >= 11 is 0. The second kappa shape index (κ2) is 11.1. The van der Waals surface area contributed by atoms with Crippen LogP contribution in [0.25, 0.3) is 5.65 Å². The predicted octanol–water partition coefficient (Wildman–Crippen LogP) is 4.32. The van der Waals surface area contributed by atoms with E-state index in [1.165, 1.54) is 16.6 Å². The first-order valence-electron chi connectivity index (χ1n) is 14.2. The van der Waals surface area contributed by atoms with Crippen molar-refractivity contribution in [2.24, 2.45) is 0 Å². The van der Waals surface area contributed by atoms with Crippen molar-refractivity contribution in [1.82, 2.24) is 28.9 Å². The van der Waals surface area contributed by atoms with E-state index in [1.54, 1.807) is 44.3 Å². The number of hydrogen-bond donors (Lipinski definition) is 1. The number of rotatable bonds is 6. The minimum Gasteiger partial charge on any atom is -0.481 e. The van der Waals surface area contributed by atoms with Crippen molar-refractivity contribution in [3.8, 4) is 0 Å². The lowest BCUT2D eigenvalue weighted by molar-refractivity contribution is -0.145. The Morgan fingerprint density at radius 2 is 1.93 bits per heavy atom. The zero-order valence-electron chi connectivity index (χ0n) is 24.0. The zero-order chi connectivity index (χ0) is 31.4. The second-order valence-electron chi connectivity index (χ2n) is 11.2. The topological polar surface area (TPSA) is 134 Å². The Morgan fingerprint density at radius 1 is 1.14 bits per heavy atom. The molecule has 1 fully saturated rings. The van der Waals surface area contributed by atoms with E-state index in [9.17, 15) is 31.5 Å². The summed E-state index contributed by atoms with van der Waals surface area (Å²) in [7, 11) is -3.95. The maximum Gasteiger partial charge on any atom is 0.452 e. The van der Waals surface area contributed by atoms with Gasteiger partial charge in [-0.25, -0.2) is 13.4 Å². The fraction of sp³-hybridized carbons (Fsp3) is 0.414. The average molecular weight is 630 g/mol. The van der Waals surface area contributed by atoms with Crippen molar-refractivity contribution in [2.75, 3.05) is 18.0 Å². The van der Waals surface area contributed by atoms with E-state index in [2.05, 4.69) is 20.1 Å².